The minimum Gasteiger partial charge on any atom is -0.344 e. The maximum atomic E-state index is 13.6. The largest absolute Gasteiger partial charge is 0.416 e. The van der Waals surface area contributed by atoms with Gasteiger partial charge in [0.1, 0.15) is 24.0 Å². The van der Waals surface area contributed by atoms with Crippen molar-refractivity contribution >= 4 is 41.8 Å². The lowest BCUT2D eigenvalue weighted by molar-refractivity contribution is -0.137. The van der Waals surface area contributed by atoms with Crippen molar-refractivity contribution in [3.63, 3.8) is 0 Å². The Balaban J connectivity index is 0.000000180. The van der Waals surface area contributed by atoms with Crippen molar-refractivity contribution in [1.82, 2.24) is 25.2 Å². The quantitative estimate of drug-likeness (QED) is 0.165. The number of benzene rings is 2. The van der Waals surface area contributed by atoms with Crippen LogP contribution >= 0.6 is 11.6 Å². The highest BCUT2D eigenvalue weighted by Crippen LogP contribution is 2.36. The van der Waals surface area contributed by atoms with E-state index in [-0.39, 0.29) is 47.8 Å². The van der Waals surface area contributed by atoms with E-state index in [0.717, 1.165) is 24.2 Å². The molecule has 4 heterocycles. The summed E-state index contributed by atoms with van der Waals surface area (Å²) in [5, 5.41) is 8.28. The molecule has 1 atom stereocenters. The fourth-order valence-corrected chi connectivity index (χ4v) is 5.29. The number of carbonyl (C=O) groups excluding carboxylic acids is 3. The lowest BCUT2D eigenvalue weighted by Crippen LogP contribution is -2.56. The summed E-state index contributed by atoms with van der Waals surface area (Å²) in [6.07, 6.45) is -1.88. The zero-order chi connectivity index (χ0) is 36.8. The number of carbonyl (C=O) groups is 3. The molecule has 50 heavy (non-hydrogen) atoms. The number of aromatic nitrogens is 3. The summed E-state index contributed by atoms with van der Waals surface area (Å²) in [5.74, 6) is -3.60. The number of aldehydes is 1. The first-order chi connectivity index (χ1) is 23.5. The van der Waals surface area contributed by atoms with Crippen molar-refractivity contribution in [2.24, 2.45) is 0 Å². The van der Waals surface area contributed by atoms with E-state index in [1.165, 1.54) is 29.7 Å². The van der Waals surface area contributed by atoms with Crippen LogP contribution in [0.2, 0.25) is 5.02 Å². The van der Waals surface area contributed by atoms with Crippen molar-refractivity contribution in [2.45, 2.75) is 38.2 Å². The molecule has 0 aliphatic carbocycles. The number of pyridine rings is 1. The molecule has 2 aliphatic heterocycles. The molecule has 1 fully saturated rings. The number of hydrogen-bond acceptors (Lipinski definition) is 7. The fraction of sp³-hybridized carbons (Fsp3) is 0.281. The van der Waals surface area contributed by atoms with Crippen molar-refractivity contribution in [1.29, 1.82) is 0 Å². The van der Waals surface area contributed by atoms with Gasteiger partial charge in [0.15, 0.2) is 17.9 Å². The van der Waals surface area contributed by atoms with Crippen LogP contribution in [0.25, 0.3) is 0 Å². The number of nitrogens with one attached hydrogen (secondary N) is 3. The topological polar surface area (TPSA) is 121 Å². The predicted molar refractivity (Wildman–Crippen MR) is 169 cm³/mol. The molecule has 18 heteroatoms. The molecule has 1 saturated heterocycles. The van der Waals surface area contributed by atoms with Gasteiger partial charge in [-0.3, -0.25) is 14.4 Å². The van der Waals surface area contributed by atoms with E-state index in [2.05, 4.69) is 25.9 Å². The van der Waals surface area contributed by atoms with Crippen LogP contribution in [-0.4, -0.2) is 59.2 Å². The van der Waals surface area contributed by atoms with E-state index >= 15 is 0 Å². The van der Waals surface area contributed by atoms with Crippen molar-refractivity contribution in [3.05, 3.63) is 105 Å². The van der Waals surface area contributed by atoms with Crippen molar-refractivity contribution in [2.75, 3.05) is 30.4 Å². The summed E-state index contributed by atoms with van der Waals surface area (Å²) < 4.78 is 88.5. The molecule has 2 aromatic heterocycles. The summed E-state index contributed by atoms with van der Waals surface area (Å²) in [6, 6.07) is 9.00. The molecule has 2 aliphatic rings. The van der Waals surface area contributed by atoms with Crippen LogP contribution in [0.3, 0.4) is 0 Å². The Hall–Kier alpha value is -5.03. The smallest absolute Gasteiger partial charge is 0.344 e. The number of hydrogen-bond donors (Lipinski definition) is 3. The maximum Gasteiger partial charge on any atom is 0.416 e. The number of alkyl halides is 5. The molecular weight excluding hydrogens is 699 g/mol. The van der Waals surface area contributed by atoms with Gasteiger partial charge in [-0.15, -0.1) is 0 Å². The lowest BCUT2D eigenvalue weighted by Gasteiger charge is -2.39. The minimum atomic E-state index is -4.47. The summed E-state index contributed by atoms with van der Waals surface area (Å²) in [6.45, 7) is 1.58. The summed E-state index contributed by atoms with van der Waals surface area (Å²) >= 11 is 6.11. The number of aryl methyl sites for hydroxylation is 1. The Bertz CT molecular complexity index is 1820. The maximum absolute atomic E-state index is 13.6. The third kappa shape index (κ3) is 9.35. The van der Waals surface area contributed by atoms with Crippen LogP contribution in [0.5, 0.6) is 0 Å². The van der Waals surface area contributed by atoms with Crippen LogP contribution < -0.4 is 20.9 Å². The van der Waals surface area contributed by atoms with E-state index in [9.17, 15) is 45.1 Å². The zero-order valence-corrected chi connectivity index (χ0v) is 27.0. The molecule has 0 spiro atoms. The monoisotopic (exact) mass is 727 g/mol. The predicted octanol–water partition coefficient (Wildman–Crippen LogP) is 5.68. The first kappa shape index (κ1) is 37.8. The van der Waals surface area contributed by atoms with E-state index in [4.69, 9.17) is 11.6 Å². The molecule has 0 bridgehead atoms. The van der Waals surface area contributed by atoms with Gasteiger partial charge in [0.05, 0.1) is 30.4 Å². The number of rotatable bonds is 7. The minimum absolute atomic E-state index is 0.0169. The highest BCUT2D eigenvalue weighted by atomic mass is 35.5. The van der Waals surface area contributed by atoms with Crippen LogP contribution in [0, 0.1) is 18.6 Å². The van der Waals surface area contributed by atoms with Gasteiger partial charge in [0, 0.05) is 23.3 Å². The molecule has 2 amide bonds. The first-order valence-electron chi connectivity index (χ1n) is 14.6. The molecule has 0 radical (unpaired) electrons. The average molecular weight is 728 g/mol. The van der Waals surface area contributed by atoms with Crippen molar-refractivity contribution < 1.29 is 45.1 Å². The molecule has 6 rings (SSSR count). The van der Waals surface area contributed by atoms with Gasteiger partial charge in [0.25, 0.3) is 5.92 Å². The zero-order valence-electron chi connectivity index (χ0n) is 26.3. The van der Waals surface area contributed by atoms with Gasteiger partial charge in [0.2, 0.25) is 12.3 Å². The van der Waals surface area contributed by atoms with Gasteiger partial charge in [-0.2, -0.15) is 13.2 Å². The second kappa shape index (κ2) is 15.7. The van der Waals surface area contributed by atoms with Crippen LogP contribution in [0.1, 0.15) is 44.6 Å². The third-order valence-corrected chi connectivity index (χ3v) is 7.56. The van der Waals surface area contributed by atoms with Gasteiger partial charge in [-0.25, -0.2) is 27.5 Å². The Morgan fingerprint density at radius 3 is 2.34 bits per heavy atom. The Morgan fingerprint density at radius 2 is 1.78 bits per heavy atom. The molecule has 10 nitrogen and oxygen atoms in total. The van der Waals surface area contributed by atoms with Crippen LogP contribution in [0.15, 0.2) is 54.7 Å². The normalized spacial score (nSPS) is 16.0. The molecule has 266 valence electrons. The highest BCUT2D eigenvalue weighted by Gasteiger charge is 2.44. The lowest BCUT2D eigenvalue weighted by atomic mass is 10.0. The first-order valence-corrected chi connectivity index (χ1v) is 15.0. The van der Waals surface area contributed by atoms with Crippen molar-refractivity contribution in [3.8, 4) is 0 Å². The van der Waals surface area contributed by atoms with E-state index in [1.807, 2.05) is 13.1 Å². The van der Waals surface area contributed by atoms with E-state index in [1.54, 1.807) is 17.2 Å². The Labute approximate surface area is 285 Å². The second-order valence-corrected chi connectivity index (χ2v) is 11.5. The van der Waals surface area contributed by atoms with Crippen LogP contribution in [-0.2, 0) is 28.9 Å². The number of halogens is 8. The summed E-state index contributed by atoms with van der Waals surface area (Å²) in [5.41, 5.74) is 1.02. The summed E-state index contributed by atoms with van der Waals surface area (Å²) in [4.78, 5) is 43.5. The second-order valence-electron chi connectivity index (χ2n) is 11.1. The average Bonchev–Trinajstić information content (AvgIpc) is 3.38. The third-order valence-electron chi connectivity index (χ3n) is 7.21. The molecule has 4 aromatic rings. The van der Waals surface area contributed by atoms with Gasteiger partial charge >= 0.3 is 6.18 Å². The molecule has 0 unspecified atom stereocenters. The standard InChI is InChI=1S/C14H10ClFN4O3.C10H13F2N3.C8H6F4/c15-9-2-1-7(16)3-8(9)12-13-14(17-6-22)18-10(5-21)20(13)4-11(23)19-12;1-13-4-8-2-3-9(14-5-8)15-6-10(11,12)7-15;1-5-2-6(8(10,11)12)4-7(9)3-5/h1-3,5-6,12H,4H2,(H,17,22)(H,19,23);2-3,5,13H,4,6-7H2,1H3;2-4H,1H3/t12-;;/m0../s1. The number of fused-ring (bicyclic) bond motifs is 1. The van der Waals surface area contributed by atoms with E-state index < -0.39 is 35.3 Å². The molecule has 3 N–H and O–H groups in total. The molecule has 0 saturated carbocycles. The number of nitrogens with zero attached hydrogens (tertiary/aromatic N) is 4. The highest BCUT2D eigenvalue weighted by molar-refractivity contribution is 6.31. The number of anilines is 2. The number of amides is 2. The Morgan fingerprint density at radius 1 is 1.06 bits per heavy atom. The SMILES string of the molecule is CNCc1ccc(N2CC(F)(F)C2)nc1.Cc1cc(F)cc(C(F)(F)F)c1.O=CNc1nc(C=O)n2c1[C@H](c1cc(F)ccc1Cl)NC(=O)C2. The van der Waals surface area contributed by atoms with Gasteiger partial charge in [-0.05, 0) is 67.6 Å². The summed E-state index contributed by atoms with van der Waals surface area (Å²) in [7, 11) is 1.85. The van der Waals surface area contributed by atoms with E-state index in [0.29, 0.717) is 35.8 Å². The number of imidazole rings is 1. The Kier molecular flexibility index (Phi) is 11.8. The fourth-order valence-electron chi connectivity index (χ4n) is 5.06. The van der Waals surface area contributed by atoms with Crippen LogP contribution in [0.4, 0.5) is 42.4 Å². The molecule has 2 aromatic carbocycles. The van der Waals surface area contributed by atoms with Gasteiger partial charge in [-0.1, -0.05) is 17.7 Å². The molecular formula is C32H29ClF7N7O3. The van der Waals surface area contributed by atoms with Gasteiger partial charge < -0.3 is 25.4 Å².